The zero-order valence-corrected chi connectivity index (χ0v) is 12.6. The van der Waals surface area contributed by atoms with Crippen molar-refractivity contribution >= 4 is 11.9 Å². The lowest BCUT2D eigenvalue weighted by atomic mass is 9.81. The van der Waals surface area contributed by atoms with Crippen LogP contribution in [0.4, 0.5) is 0 Å². The van der Waals surface area contributed by atoms with Gasteiger partial charge in [0.25, 0.3) is 5.91 Å². The minimum Gasteiger partial charge on any atom is -0.480 e. The van der Waals surface area contributed by atoms with Crippen molar-refractivity contribution in [3.63, 3.8) is 0 Å². The van der Waals surface area contributed by atoms with Crippen molar-refractivity contribution in [1.29, 1.82) is 0 Å². The number of para-hydroxylation sites is 1. The summed E-state index contributed by atoms with van der Waals surface area (Å²) in [6, 6.07) is 9.29. The molecule has 1 aliphatic rings. The molecule has 1 aromatic heterocycles. The largest absolute Gasteiger partial charge is 0.480 e. The summed E-state index contributed by atoms with van der Waals surface area (Å²) in [5.41, 5.74) is -0.295. The van der Waals surface area contributed by atoms with Crippen molar-refractivity contribution in [3.05, 3.63) is 42.2 Å². The fourth-order valence-corrected chi connectivity index (χ4v) is 2.90. The number of aliphatic carboxylic acids is 1. The highest BCUT2D eigenvalue weighted by molar-refractivity contribution is 5.96. The Hall–Kier alpha value is -2.70. The Labute approximate surface area is 133 Å². The van der Waals surface area contributed by atoms with Gasteiger partial charge in [-0.1, -0.05) is 42.7 Å². The quantitative estimate of drug-likeness (QED) is 0.896. The summed E-state index contributed by atoms with van der Waals surface area (Å²) >= 11 is 0. The Balaban J connectivity index is 1.78. The van der Waals surface area contributed by atoms with Gasteiger partial charge in [0.1, 0.15) is 5.54 Å². The van der Waals surface area contributed by atoms with Gasteiger partial charge < -0.3 is 10.4 Å². The summed E-state index contributed by atoms with van der Waals surface area (Å²) in [6.45, 7) is 0. The van der Waals surface area contributed by atoms with E-state index in [2.05, 4.69) is 15.6 Å². The molecule has 0 saturated heterocycles. The lowest BCUT2D eigenvalue weighted by Gasteiger charge is -2.33. The molecule has 1 amide bonds. The van der Waals surface area contributed by atoms with E-state index >= 15 is 0 Å². The van der Waals surface area contributed by atoms with E-state index in [0.29, 0.717) is 12.8 Å². The molecule has 0 radical (unpaired) electrons. The summed E-state index contributed by atoms with van der Waals surface area (Å²) < 4.78 is 1.49. The molecule has 23 heavy (non-hydrogen) atoms. The summed E-state index contributed by atoms with van der Waals surface area (Å²) in [5.74, 6) is -1.49. The topological polar surface area (TPSA) is 97.1 Å². The molecule has 2 N–H and O–H groups in total. The number of carbonyl (C=O) groups excluding carboxylic acids is 1. The molecular weight excluding hydrogens is 296 g/mol. The van der Waals surface area contributed by atoms with Crippen LogP contribution in [0, 0.1) is 0 Å². The highest BCUT2D eigenvalue weighted by atomic mass is 16.4. The minimum absolute atomic E-state index is 0.111. The van der Waals surface area contributed by atoms with Crippen molar-refractivity contribution < 1.29 is 14.7 Å². The summed E-state index contributed by atoms with van der Waals surface area (Å²) in [5, 5.41) is 20.0. The number of aromatic nitrogens is 3. The molecule has 1 aliphatic carbocycles. The maximum atomic E-state index is 12.4. The number of nitrogens with one attached hydrogen (secondary N) is 1. The first kappa shape index (κ1) is 15.2. The molecule has 0 spiro atoms. The lowest BCUT2D eigenvalue weighted by Crippen LogP contribution is -2.55. The number of carbonyl (C=O) groups is 2. The summed E-state index contributed by atoms with van der Waals surface area (Å²) in [4.78, 5) is 24.0. The van der Waals surface area contributed by atoms with Crippen LogP contribution in [0.1, 0.15) is 42.6 Å². The average Bonchev–Trinajstić information content (AvgIpc) is 3.06. The van der Waals surface area contributed by atoms with Gasteiger partial charge >= 0.3 is 5.97 Å². The van der Waals surface area contributed by atoms with Gasteiger partial charge in [0.15, 0.2) is 5.69 Å². The number of rotatable bonds is 4. The predicted molar refractivity (Wildman–Crippen MR) is 82.3 cm³/mol. The van der Waals surface area contributed by atoms with Crippen LogP contribution >= 0.6 is 0 Å². The number of nitrogens with zero attached hydrogens (tertiary/aromatic N) is 3. The van der Waals surface area contributed by atoms with Crippen LogP contribution < -0.4 is 5.32 Å². The van der Waals surface area contributed by atoms with Gasteiger partial charge in [0.05, 0.1) is 11.9 Å². The Morgan fingerprint density at radius 1 is 1.13 bits per heavy atom. The van der Waals surface area contributed by atoms with E-state index in [1.165, 1.54) is 10.9 Å². The van der Waals surface area contributed by atoms with Crippen LogP contribution in [0.2, 0.25) is 0 Å². The number of benzene rings is 1. The van der Waals surface area contributed by atoms with Crippen LogP contribution in [0.25, 0.3) is 5.69 Å². The third kappa shape index (κ3) is 3.08. The minimum atomic E-state index is -1.19. The van der Waals surface area contributed by atoms with Crippen LogP contribution in [-0.4, -0.2) is 37.5 Å². The number of carboxylic acid groups (broad SMARTS) is 1. The van der Waals surface area contributed by atoms with Crippen LogP contribution in [-0.2, 0) is 4.79 Å². The number of hydrogen-bond acceptors (Lipinski definition) is 4. The Morgan fingerprint density at radius 3 is 2.48 bits per heavy atom. The highest BCUT2D eigenvalue weighted by Crippen LogP contribution is 2.28. The molecule has 1 aromatic carbocycles. The van der Waals surface area contributed by atoms with Crippen molar-refractivity contribution in [2.24, 2.45) is 0 Å². The van der Waals surface area contributed by atoms with Crippen molar-refractivity contribution in [2.45, 2.75) is 37.6 Å². The van der Waals surface area contributed by atoms with E-state index in [4.69, 9.17) is 0 Å². The summed E-state index contributed by atoms with van der Waals surface area (Å²) in [6.07, 6.45) is 4.98. The molecule has 0 atom stereocenters. The van der Waals surface area contributed by atoms with Gasteiger partial charge in [0.2, 0.25) is 0 Å². The Morgan fingerprint density at radius 2 is 1.83 bits per heavy atom. The van der Waals surface area contributed by atoms with E-state index in [1.54, 1.807) is 0 Å². The molecule has 1 fully saturated rings. The molecule has 2 aromatic rings. The smallest absolute Gasteiger partial charge is 0.329 e. The van der Waals surface area contributed by atoms with Gasteiger partial charge in [-0.3, -0.25) is 4.79 Å². The molecule has 0 aliphatic heterocycles. The molecule has 0 unspecified atom stereocenters. The SMILES string of the molecule is O=C(NC1(C(=O)O)CCCCC1)c1cn(-c2ccccc2)nn1. The fourth-order valence-electron chi connectivity index (χ4n) is 2.90. The third-order valence-corrected chi connectivity index (χ3v) is 4.22. The van der Waals surface area contributed by atoms with Gasteiger partial charge in [-0.15, -0.1) is 5.10 Å². The maximum Gasteiger partial charge on any atom is 0.329 e. The first-order valence-corrected chi connectivity index (χ1v) is 7.64. The summed E-state index contributed by atoms with van der Waals surface area (Å²) in [7, 11) is 0. The molecule has 7 heteroatoms. The number of carboxylic acids is 1. The van der Waals surface area contributed by atoms with E-state index in [9.17, 15) is 14.7 Å². The second-order valence-electron chi connectivity index (χ2n) is 5.79. The zero-order chi connectivity index (χ0) is 16.3. The van der Waals surface area contributed by atoms with Crippen LogP contribution in [0.3, 0.4) is 0 Å². The number of amides is 1. The fraction of sp³-hybridized carbons (Fsp3) is 0.375. The molecule has 120 valence electrons. The molecule has 1 saturated carbocycles. The van der Waals surface area contributed by atoms with E-state index in [0.717, 1.165) is 24.9 Å². The number of hydrogen-bond donors (Lipinski definition) is 2. The second-order valence-corrected chi connectivity index (χ2v) is 5.79. The third-order valence-electron chi connectivity index (χ3n) is 4.22. The maximum absolute atomic E-state index is 12.4. The molecule has 0 bridgehead atoms. The highest BCUT2D eigenvalue weighted by Gasteiger charge is 2.41. The van der Waals surface area contributed by atoms with E-state index in [-0.39, 0.29) is 5.69 Å². The normalized spacial score (nSPS) is 16.7. The average molecular weight is 314 g/mol. The Kier molecular flexibility index (Phi) is 4.10. The van der Waals surface area contributed by atoms with Crippen molar-refractivity contribution in [1.82, 2.24) is 20.3 Å². The standard InChI is InChI=1S/C16H18N4O3/c21-14(17-16(15(22)23)9-5-2-6-10-16)13-11-20(19-18-13)12-7-3-1-4-8-12/h1,3-4,7-8,11H,2,5-6,9-10H2,(H,17,21)(H,22,23). The van der Waals surface area contributed by atoms with Crippen LogP contribution in [0.15, 0.2) is 36.5 Å². The second kappa shape index (κ2) is 6.20. The Bertz CT molecular complexity index is 705. The first-order chi connectivity index (χ1) is 11.1. The predicted octanol–water partition coefficient (Wildman–Crippen LogP) is 1.78. The van der Waals surface area contributed by atoms with E-state index < -0.39 is 17.4 Å². The first-order valence-electron chi connectivity index (χ1n) is 7.64. The van der Waals surface area contributed by atoms with Gasteiger partial charge in [0, 0.05) is 0 Å². The molecule has 3 rings (SSSR count). The lowest BCUT2D eigenvalue weighted by molar-refractivity contribution is -0.145. The van der Waals surface area contributed by atoms with Crippen LogP contribution in [0.5, 0.6) is 0 Å². The molecular formula is C16H18N4O3. The van der Waals surface area contributed by atoms with Gasteiger partial charge in [-0.05, 0) is 25.0 Å². The van der Waals surface area contributed by atoms with Crippen molar-refractivity contribution in [2.75, 3.05) is 0 Å². The molecule has 7 nitrogen and oxygen atoms in total. The van der Waals surface area contributed by atoms with E-state index in [1.807, 2.05) is 30.3 Å². The van der Waals surface area contributed by atoms with Crippen molar-refractivity contribution in [3.8, 4) is 5.69 Å². The van der Waals surface area contributed by atoms with Gasteiger partial charge in [-0.25, -0.2) is 9.48 Å². The molecule has 1 heterocycles. The zero-order valence-electron chi connectivity index (χ0n) is 12.6. The monoisotopic (exact) mass is 314 g/mol. The van der Waals surface area contributed by atoms with Gasteiger partial charge in [-0.2, -0.15) is 0 Å².